The monoisotopic (exact) mass is 371 g/mol. The molecule has 0 aliphatic carbocycles. The van der Waals surface area contributed by atoms with Crippen LogP contribution in [0.4, 0.5) is 0 Å². The molecule has 0 bridgehead atoms. The van der Waals surface area contributed by atoms with Gasteiger partial charge in [-0.2, -0.15) is 5.10 Å². The van der Waals surface area contributed by atoms with E-state index in [9.17, 15) is 4.79 Å². The molecule has 1 amide bonds. The summed E-state index contributed by atoms with van der Waals surface area (Å²) in [5, 5.41) is 13.2. The van der Waals surface area contributed by atoms with Gasteiger partial charge in [-0.05, 0) is 51.8 Å². The van der Waals surface area contributed by atoms with Gasteiger partial charge >= 0.3 is 0 Å². The molecule has 4 heterocycles. The molecule has 0 saturated carbocycles. The lowest BCUT2D eigenvalue weighted by Gasteiger charge is -2.32. The number of aromatic nitrogens is 5. The van der Waals surface area contributed by atoms with Crippen LogP contribution in [0, 0.1) is 0 Å². The maximum absolute atomic E-state index is 13.0. The van der Waals surface area contributed by atoms with E-state index >= 15 is 0 Å². The Balaban J connectivity index is 1.46. The number of aryl methyl sites for hydroxylation is 1. The first-order valence-corrected chi connectivity index (χ1v) is 10.1. The van der Waals surface area contributed by atoms with Crippen molar-refractivity contribution in [2.24, 2.45) is 7.05 Å². The van der Waals surface area contributed by atoms with Crippen LogP contribution in [-0.4, -0.2) is 66.4 Å². The van der Waals surface area contributed by atoms with Gasteiger partial charge < -0.3 is 9.47 Å². The second-order valence-corrected chi connectivity index (χ2v) is 7.64. The second-order valence-electron chi connectivity index (χ2n) is 7.64. The van der Waals surface area contributed by atoms with Crippen LogP contribution in [0.2, 0.25) is 0 Å². The Bertz CT molecular complexity index is 790. The Labute approximate surface area is 160 Å². The first kappa shape index (κ1) is 18.2. The number of rotatable bonds is 5. The van der Waals surface area contributed by atoms with E-state index in [1.807, 2.05) is 17.9 Å². The highest BCUT2D eigenvalue weighted by Gasteiger charge is 2.30. The molecule has 0 aromatic carbocycles. The van der Waals surface area contributed by atoms with E-state index in [1.54, 1.807) is 10.9 Å². The maximum Gasteiger partial charge on any atom is 0.272 e. The van der Waals surface area contributed by atoms with Crippen LogP contribution < -0.4 is 0 Å². The molecular weight excluding hydrogens is 342 g/mol. The summed E-state index contributed by atoms with van der Waals surface area (Å²) in [6, 6.07) is 1.81. The molecular formula is C19H29N7O. The lowest BCUT2D eigenvalue weighted by molar-refractivity contribution is 0.0691. The van der Waals surface area contributed by atoms with E-state index in [4.69, 9.17) is 0 Å². The minimum absolute atomic E-state index is 0.0681. The van der Waals surface area contributed by atoms with Gasteiger partial charge in [-0.25, -0.2) is 0 Å². The SMILES string of the molecule is CCn1nccc1C(=O)N1CCC[C@@H](c2nnc(CN3CCCC3)n2C)C1. The first-order chi connectivity index (χ1) is 13.2. The fraction of sp³-hybridized carbons (Fsp3) is 0.684. The van der Waals surface area contributed by atoms with Crippen molar-refractivity contribution in [3.63, 3.8) is 0 Å². The Morgan fingerprint density at radius 2 is 2.00 bits per heavy atom. The van der Waals surface area contributed by atoms with Gasteiger partial charge in [0.15, 0.2) is 0 Å². The fourth-order valence-corrected chi connectivity index (χ4v) is 4.31. The smallest absolute Gasteiger partial charge is 0.272 e. The van der Waals surface area contributed by atoms with E-state index in [2.05, 4.69) is 31.8 Å². The zero-order valence-electron chi connectivity index (χ0n) is 16.3. The summed E-state index contributed by atoms with van der Waals surface area (Å²) in [5.41, 5.74) is 0.672. The largest absolute Gasteiger partial charge is 0.337 e. The molecule has 4 rings (SSSR count). The second kappa shape index (κ2) is 7.80. The van der Waals surface area contributed by atoms with Crippen molar-refractivity contribution < 1.29 is 4.79 Å². The molecule has 27 heavy (non-hydrogen) atoms. The number of hydrogen-bond donors (Lipinski definition) is 0. The summed E-state index contributed by atoms with van der Waals surface area (Å²) >= 11 is 0. The van der Waals surface area contributed by atoms with Gasteiger partial charge in [0, 0.05) is 38.8 Å². The predicted molar refractivity (Wildman–Crippen MR) is 101 cm³/mol. The van der Waals surface area contributed by atoms with E-state index < -0.39 is 0 Å². The normalized spacial score (nSPS) is 21.1. The Morgan fingerprint density at radius 1 is 1.19 bits per heavy atom. The van der Waals surface area contributed by atoms with Crippen LogP contribution in [0.15, 0.2) is 12.3 Å². The van der Waals surface area contributed by atoms with Gasteiger partial charge in [0.25, 0.3) is 5.91 Å². The lowest BCUT2D eigenvalue weighted by atomic mass is 9.97. The molecule has 8 heteroatoms. The molecule has 146 valence electrons. The quantitative estimate of drug-likeness (QED) is 0.799. The number of carbonyl (C=O) groups is 1. The molecule has 2 aromatic rings. The number of amides is 1. The molecule has 2 aliphatic heterocycles. The van der Waals surface area contributed by atoms with Crippen LogP contribution >= 0.6 is 0 Å². The standard InChI is InChI=1S/C19H29N7O/c1-3-26-16(8-9-20-26)19(27)25-12-6-7-15(13-25)18-22-21-17(23(18)2)14-24-10-4-5-11-24/h8-9,15H,3-7,10-14H2,1-2H3/t15-/m1/s1. The number of hydrogen-bond acceptors (Lipinski definition) is 5. The predicted octanol–water partition coefficient (Wildman–Crippen LogP) is 1.65. The fourth-order valence-electron chi connectivity index (χ4n) is 4.31. The van der Waals surface area contributed by atoms with Crippen molar-refractivity contribution in [3.05, 3.63) is 29.6 Å². The highest BCUT2D eigenvalue weighted by atomic mass is 16.2. The summed E-state index contributed by atoms with van der Waals surface area (Å²) in [6.07, 6.45) is 6.29. The average molecular weight is 371 g/mol. The van der Waals surface area contributed by atoms with Gasteiger partial charge in [0.05, 0.1) is 6.54 Å². The minimum Gasteiger partial charge on any atom is -0.337 e. The van der Waals surface area contributed by atoms with E-state index in [0.717, 1.165) is 50.7 Å². The van der Waals surface area contributed by atoms with Gasteiger partial charge in [-0.3, -0.25) is 14.4 Å². The number of carbonyl (C=O) groups excluding carboxylic acids is 1. The van der Waals surface area contributed by atoms with Crippen LogP contribution in [0.5, 0.6) is 0 Å². The van der Waals surface area contributed by atoms with Crippen LogP contribution in [-0.2, 0) is 20.1 Å². The molecule has 0 radical (unpaired) electrons. The minimum atomic E-state index is 0.0681. The van der Waals surface area contributed by atoms with Gasteiger partial charge in [-0.1, -0.05) is 0 Å². The van der Waals surface area contributed by atoms with Crippen molar-refractivity contribution in [1.29, 1.82) is 0 Å². The van der Waals surface area contributed by atoms with E-state index in [-0.39, 0.29) is 11.8 Å². The van der Waals surface area contributed by atoms with Gasteiger partial charge in [0.1, 0.15) is 17.3 Å². The maximum atomic E-state index is 13.0. The molecule has 2 aliphatic rings. The lowest BCUT2D eigenvalue weighted by Crippen LogP contribution is -2.40. The molecule has 8 nitrogen and oxygen atoms in total. The average Bonchev–Trinajstić information content (AvgIpc) is 3.44. The Morgan fingerprint density at radius 3 is 2.78 bits per heavy atom. The van der Waals surface area contributed by atoms with Crippen LogP contribution in [0.1, 0.15) is 60.7 Å². The molecule has 0 spiro atoms. The summed E-state index contributed by atoms with van der Waals surface area (Å²) < 4.78 is 3.91. The van der Waals surface area contributed by atoms with Crippen molar-refractivity contribution in [2.75, 3.05) is 26.2 Å². The third-order valence-electron chi connectivity index (χ3n) is 5.87. The Kier molecular flexibility index (Phi) is 5.24. The molecule has 0 N–H and O–H groups in total. The summed E-state index contributed by atoms with van der Waals surface area (Å²) in [4.78, 5) is 17.3. The molecule has 0 unspecified atom stereocenters. The Hall–Kier alpha value is -2.22. The van der Waals surface area contributed by atoms with Gasteiger partial charge in [0.2, 0.25) is 0 Å². The summed E-state index contributed by atoms with van der Waals surface area (Å²) in [5.74, 6) is 2.34. The van der Waals surface area contributed by atoms with Crippen molar-refractivity contribution in [3.8, 4) is 0 Å². The first-order valence-electron chi connectivity index (χ1n) is 10.1. The summed E-state index contributed by atoms with van der Waals surface area (Å²) in [6.45, 7) is 7.37. The number of piperidine rings is 1. The molecule has 2 fully saturated rings. The molecule has 2 aromatic heterocycles. The third kappa shape index (κ3) is 3.63. The van der Waals surface area contributed by atoms with Crippen LogP contribution in [0.25, 0.3) is 0 Å². The molecule has 2 saturated heterocycles. The highest BCUT2D eigenvalue weighted by Crippen LogP contribution is 2.27. The zero-order chi connectivity index (χ0) is 18.8. The van der Waals surface area contributed by atoms with Crippen molar-refractivity contribution >= 4 is 5.91 Å². The van der Waals surface area contributed by atoms with E-state index in [0.29, 0.717) is 18.8 Å². The number of nitrogens with zero attached hydrogens (tertiary/aromatic N) is 7. The van der Waals surface area contributed by atoms with E-state index in [1.165, 1.54) is 12.8 Å². The summed E-state index contributed by atoms with van der Waals surface area (Å²) in [7, 11) is 2.06. The van der Waals surface area contributed by atoms with Crippen molar-refractivity contribution in [1.82, 2.24) is 34.3 Å². The van der Waals surface area contributed by atoms with Crippen LogP contribution in [0.3, 0.4) is 0 Å². The van der Waals surface area contributed by atoms with Crippen molar-refractivity contribution in [2.45, 2.75) is 51.6 Å². The van der Waals surface area contributed by atoms with Gasteiger partial charge in [-0.15, -0.1) is 10.2 Å². The third-order valence-corrected chi connectivity index (χ3v) is 5.87. The zero-order valence-corrected chi connectivity index (χ0v) is 16.3. The topological polar surface area (TPSA) is 72.1 Å². The number of likely N-dealkylation sites (tertiary alicyclic amines) is 2. The molecule has 1 atom stereocenters. The highest BCUT2D eigenvalue weighted by molar-refractivity contribution is 5.92.